The van der Waals surface area contributed by atoms with Crippen molar-refractivity contribution in [3.05, 3.63) is 75.3 Å². The smallest absolute Gasteiger partial charge is 0.268 e. The molecule has 2 N–H and O–H groups in total. The minimum Gasteiger partial charge on any atom is -0.350 e. The molecule has 0 aliphatic heterocycles. The largest absolute Gasteiger partial charge is 0.350 e. The SMILES string of the molecule is CC(C)c1cc(C2CC2)cc2c(=O)cc(C(=O)NCc3ccccn3)[nH]c12. The van der Waals surface area contributed by atoms with Gasteiger partial charge in [0, 0.05) is 17.6 Å². The first-order valence-corrected chi connectivity index (χ1v) is 9.42. The second-order valence-corrected chi connectivity index (χ2v) is 7.51. The molecular weight excluding hydrogens is 338 g/mol. The molecule has 0 saturated heterocycles. The molecule has 0 bridgehead atoms. The number of hydrogen-bond acceptors (Lipinski definition) is 3. The van der Waals surface area contributed by atoms with Gasteiger partial charge in [0.15, 0.2) is 5.43 Å². The van der Waals surface area contributed by atoms with Crippen LogP contribution in [0.4, 0.5) is 0 Å². The lowest BCUT2D eigenvalue weighted by atomic mass is 9.95. The Morgan fingerprint density at radius 2 is 2.07 bits per heavy atom. The van der Waals surface area contributed by atoms with Crippen LogP contribution in [-0.4, -0.2) is 15.9 Å². The number of carbonyl (C=O) groups is 1. The van der Waals surface area contributed by atoms with Gasteiger partial charge in [0.25, 0.3) is 5.91 Å². The van der Waals surface area contributed by atoms with Crippen molar-refractivity contribution in [3.8, 4) is 0 Å². The number of rotatable bonds is 5. The van der Waals surface area contributed by atoms with Gasteiger partial charge in [-0.2, -0.15) is 0 Å². The first-order valence-electron chi connectivity index (χ1n) is 9.42. The Labute approximate surface area is 157 Å². The highest BCUT2D eigenvalue weighted by Gasteiger charge is 2.25. The minimum absolute atomic E-state index is 0.115. The predicted octanol–water partition coefficient (Wildman–Crippen LogP) is 3.85. The van der Waals surface area contributed by atoms with Crippen LogP contribution in [0.5, 0.6) is 0 Å². The van der Waals surface area contributed by atoms with Crippen molar-refractivity contribution in [2.45, 2.75) is 45.1 Å². The second-order valence-electron chi connectivity index (χ2n) is 7.51. The summed E-state index contributed by atoms with van der Waals surface area (Å²) in [6.45, 7) is 4.53. The van der Waals surface area contributed by atoms with Gasteiger partial charge >= 0.3 is 0 Å². The maximum atomic E-state index is 12.7. The Kier molecular flexibility index (Phi) is 4.52. The van der Waals surface area contributed by atoms with Crippen molar-refractivity contribution in [1.29, 1.82) is 0 Å². The number of fused-ring (bicyclic) bond motifs is 1. The van der Waals surface area contributed by atoms with Gasteiger partial charge in [-0.3, -0.25) is 14.6 Å². The third-order valence-corrected chi connectivity index (χ3v) is 5.06. The molecule has 2 heterocycles. The van der Waals surface area contributed by atoms with Crippen molar-refractivity contribution in [2.24, 2.45) is 0 Å². The number of H-pyrrole nitrogens is 1. The van der Waals surface area contributed by atoms with Gasteiger partial charge in [0.1, 0.15) is 5.69 Å². The number of benzene rings is 1. The molecular formula is C22H23N3O2. The maximum absolute atomic E-state index is 12.7. The van der Waals surface area contributed by atoms with Crippen molar-refractivity contribution >= 4 is 16.8 Å². The van der Waals surface area contributed by atoms with Gasteiger partial charge in [-0.25, -0.2) is 0 Å². The Hall–Kier alpha value is -2.95. The number of amides is 1. The molecule has 5 heteroatoms. The van der Waals surface area contributed by atoms with E-state index in [0.717, 1.165) is 16.8 Å². The summed E-state index contributed by atoms with van der Waals surface area (Å²) in [6, 6.07) is 11.1. The van der Waals surface area contributed by atoms with Crippen LogP contribution in [0.2, 0.25) is 0 Å². The average molecular weight is 361 g/mol. The lowest BCUT2D eigenvalue weighted by Crippen LogP contribution is -2.25. The third-order valence-electron chi connectivity index (χ3n) is 5.06. The van der Waals surface area contributed by atoms with Crippen LogP contribution >= 0.6 is 0 Å². The van der Waals surface area contributed by atoms with Gasteiger partial charge in [-0.1, -0.05) is 26.0 Å². The summed E-state index contributed by atoms with van der Waals surface area (Å²) in [5.41, 5.74) is 4.03. The van der Waals surface area contributed by atoms with Crippen molar-refractivity contribution < 1.29 is 4.79 Å². The monoisotopic (exact) mass is 361 g/mol. The number of nitrogens with one attached hydrogen (secondary N) is 2. The molecule has 5 nitrogen and oxygen atoms in total. The second kappa shape index (κ2) is 6.99. The molecule has 1 fully saturated rings. The van der Waals surface area contributed by atoms with Crippen LogP contribution in [0.25, 0.3) is 10.9 Å². The summed E-state index contributed by atoms with van der Waals surface area (Å²) in [6.07, 6.45) is 4.07. The molecule has 27 heavy (non-hydrogen) atoms. The van der Waals surface area contributed by atoms with E-state index in [1.54, 1.807) is 6.20 Å². The first kappa shape index (κ1) is 17.5. The summed E-state index contributed by atoms with van der Waals surface area (Å²) in [7, 11) is 0. The minimum atomic E-state index is -0.305. The normalized spacial score (nSPS) is 13.9. The van der Waals surface area contributed by atoms with Crippen molar-refractivity contribution in [1.82, 2.24) is 15.3 Å². The van der Waals surface area contributed by atoms with Crippen LogP contribution in [-0.2, 0) is 6.54 Å². The number of pyridine rings is 2. The number of hydrogen-bond donors (Lipinski definition) is 2. The first-order chi connectivity index (χ1) is 13.0. The van der Waals surface area contributed by atoms with Crippen molar-refractivity contribution in [2.75, 3.05) is 0 Å². The standard InChI is InChI=1S/C22H23N3O2/c1-13(2)17-9-15(14-6-7-14)10-18-20(26)11-19(25-21(17)18)22(27)24-12-16-5-3-4-8-23-16/h3-5,8-11,13-14H,6-7,12H2,1-2H3,(H,24,27)(H,25,26). The molecule has 1 aromatic carbocycles. The summed E-state index contributed by atoms with van der Waals surface area (Å²) in [4.78, 5) is 32.7. The highest BCUT2D eigenvalue weighted by molar-refractivity contribution is 5.95. The lowest BCUT2D eigenvalue weighted by Gasteiger charge is -2.14. The Morgan fingerprint density at radius 1 is 1.26 bits per heavy atom. The van der Waals surface area contributed by atoms with E-state index in [4.69, 9.17) is 0 Å². The fourth-order valence-corrected chi connectivity index (χ4v) is 3.40. The van der Waals surface area contributed by atoms with Gasteiger partial charge in [-0.05, 0) is 54.0 Å². The molecule has 138 valence electrons. The van der Waals surface area contributed by atoms with Gasteiger partial charge < -0.3 is 10.3 Å². The zero-order valence-electron chi connectivity index (χ0n) is 15.6. The molecule has 1 saturated carbocycles. The van der Waals surface area contributed by atoms with E-state index >= 15 is 0 Å². The van der Waals surface area contributed by atoms with E-state index in [0.29, 0.717) is 17.8 Å². The van der Waals surface area contributed by atoms with Crippen LogP contribution in [0.3, 0.4) is 0 Å². The fraction of sp³-hybridized carbons (Fsp3) is 0.318. The summed E-state index contributed by atoms with van der Waals surface area (Å²) >= 11 is 0. The van der Waals surface area contributed by atoms with Crippen LogP contribution < -0.4 is 10.7 Å². The fourth-order valence-electron chi connectivity index (χ4n) is 3.40. The number of aromatic amines is 1. The molecule has 0 atom stereocenters. The van der Waals surface area contributed by atoms with E-state index in [2.05, 4.69) is 35.2 Å². The summed E-state index contributed by atoms with van der Waals surface area (Å²) < 4.78 is 0. The zero-order chi connectivity index (χ0) is 19.0. The Bertz CT molecular complexity index is 1050. The van der Waals surface area contributed by atoms with Gasteiger partial charge in [0.05, 0.1) is 17.8 Å². The Morgan fingerprint density at radius 3 is 2.74 bits per heavy atom. The topological polar surface area (TPSA) is 74.8 Å². The number of aromatic nitrogens is 2. The van der Waals surface area contributed by atoms with Crippen LogP contribution in [0, 0.1) is 0 Å². The van der Waals surface area contributed by atoms with E-state index < -0.39 is 0 Å². The molecule has 2 aromatic heterocycles. The molecule has 0 unspecified atom stereocenters. The number of carbonyl (C=O) groups excluding carboxylic acids is 1. The summed E-state index contributed by atoms with van der Waals surface area (Å²) in [5, 5.41) is 3.49. The van der Waals surface area contributed by atoms with E-state index in [1.807, 2.05) is 24.3 Å². The van der Waals surface area contributed by atoms with Crippen LogP contribution in [0.1, 0.15) is 65.8 Å². The van der Waals surface area contributed by atoms with E-state index in [-0.39, 0.29) is 22.9 Å². The van der Waals surface area contributed by atoms with Gasteiger partial charge in [0.2, 0.25) is 0 Å². The van der Waals surface area contributed by atoms with E-state index in [1.165, 1.54) is 24.5 Å². The van der Waals surface area contributed by atoms with E-state index in [9.17, 15) is 9.59 Å². The lowest BCUT2D eigenvalue weighted by molar-refractivity contribution is 0.0945. The third kappa shape index (κ3) is 3.63. The highest BCUT2D eigenvalue weighted by Crippen LogP contribution is 2.42. The zero-order valence-corrected chi connectivity index (χ0v) is 15.6. The molecule has 4 rings (SSSR count). The average Bonchev–Trinajstić information content (AvgIpc) is 3.51. The molecule has 1 aliphatic rings. The van der Waals surface area contributed by atoms with Gasteiger partial charge in [-0.15, -0.1) is 0 Å². The molecule has 1 amide bonds. The Balaban J connectivity index is 1.69. The molecule has 1 aliphatic carbocycles. The predicted molar refractivity (Wildman–Crippen MR) is 106 cm³/mol. The molecule has 0 spiro atoms. The quantitative estimate of drug-likeness (QED) is 0.725. The molecule has 3 aromatic rings. The highest BCUT2D eigenvalue weighted by atomic mass is 16.2. The molecule has 0 radical (unpaired) electrons. The van der Waals surface area contributed by atoms with Crippen LogP contribution in [0.15, 0.2) is 47.4 Å². The summed E-state index contributed by atoms with van der Waals surface area (Å²) in [5.74, 6) is 0.530. The van der Waals surface area contributed by atoms with Crippen molar-refractivity contribution in [3.63, 3.8) is 0 Å². The number of nitrogens with zero attached hydrogens (tertiary/aromatic N) is 1. The maximum Gasteiger partial charge on any atom is 0.268 e.